The second-order valence-corrected chi connectivity index (χ2v) is 7.29. The lowest BCUT2D eigenvalue weighted by Crippen LogP contribution is -2.32. The van der Waals surface area contributed by atoms with Gasteiger partial charge in [-0.15, -0.1) is 0 Å². The summed E-state index contributed by atoms with van der Waals surface area (Å²) in [5.41, 5.74) is 0.919. The van der Waals surface area contributed by atoms with Crippen molar-refractivity contribution < 1.29 is 8.42 Å². The van der Waals surface area contributed by atoms with Crippen LogP contribution in [-0.4, -0.2) is 40.2 Å². The molecule has 1 saturated heterocycles. The predicted octanol–water partition coefficient (Wildman–Crippen LogP) is 1.96. The van der Waals surface area contributed by atoms with Gasteiger partial charge in [0.05, 0.1) is 11.8 Å². The average Bonchev–Trinajstić information content (AvgIpc) is 3.17. The lowest BCUT2D eigenvalue weighted by Gasteiger charge is -2.21. The van der Waals surface area contributed by atoms with Crippen molar-refractivity contribution in [3.8, 4) is 11.4 Å². The summed E-state index contributed by atoms with van der Waals surface area (Å²) in [6.07, 6.45) is 1.63. The van der Waals surface area contributed by atoms with Crippen LogP contribution >= 0.6 is 0 Å². The molecule has 1 aliphatic rings. The van der Waals surface area contributed by atoms with E-state index in [0.717, 1.165) is 18.4 Å². The maximum absolute atomic E-state index is 12.1. The van der Waals surface area contributed by atoms with E-state index in [9.17, 15) is 8.42 Å². The molecule has 3 rings (SSSR count). The van der Waals surface area contributed by atoms with Crippen LogP contribution in [0.1, 0.15) is 31.6 Å². The average molecular weight is 306 g/mol. The molecule has 0 bridgehead atoms. The molecule has 7 heteroatoms. The van der Waals surface area contributed by atoms with Crippen LogP contribution in [0.15, 0.2) is 30.3 Å². The van der Waals surface area contributed by atoms with Crippen LogP contribution in [0.3, 0.4) is 0 Å². The van der Waals surface area contributed by atoms with Crippen molar-refractivity contribution in [1.82, 2.24) is 19.5 Å². The number of nitrogens with one attached hydrogen (secondary N) is 1. The van der Waals surface area contributed by atoms with Gasteiger partial charge in [-0.3, -0.25) is 5.10 Å². The molecule has 0 spiro atoms. The highest BCUT2D eigenvalue weighted by molar-refractivity contribution is 7.89. The summed E-state index contributed by atoms with van der Waals surface area (Å²) in [5, 5.41) is 7.12. The molecule has 112 valence electrons. The van der Waals surface area contributed by atoms with E-state index < -0.39 is 10.0 Å². The third-order valence-corrected chi connectivity index (χ3v) is 5.66. The fraction of sp³-hybridized carbons (Fsp3) is 0.429. The summed E-state index contributed by atoms with van der Waals surface area (Å²) in [6, 6.07) is 9.43. The Hall–Kier alpha value is -1.73. The maximum atomic E-state index is 12.1. The van der Waals surface area contributed by atoms with Gasteiger partial charge in [0.2, 0.25) is 10.0 Å². The van der Waals surface area contributed by atoms with E-state index in [1.165, 1.54) is 0 Å². The standard InChI is InChI=1S/C14H18N4O2S/c1-2-21(19,20)18-10-6-9-12(18)14-15-13(16-17-14)11-7-4-3-5-8-11/h3-5,7-8,12H,2,6,9-10H2,1H3,(H,15,16,17)/t12-/m0/s1. The SMILES string of the molecule is CCS(=O)(=O)N1CCC[C@H]1c1nc(-c2ccccc2)n[nH]1. The Morgan fingerprint density at radius 1 is 1.33 bits per heavy atom. The zero-order valence-electron chi connectivity index (χ0n) is 11.9. The summed E-state index contributed by atoms with van der Waals surface area (Å²) in [5.74, 6) is 1.35. The van der Waals surface area contributed by atoms with E-state index in [2.05, 4.69) is 15.2 Å². The van der Waals surface area contributed by atoms with Gasteiger partial charge in [0.15, 0.2) is 5.82 Å². The summed E-state index contributed by atoms with van der Waals surface area (Å²) in [4.78, 5) is 4.49. The molecular formula is C14H18N4O2S. The minimum atomic E-state index is -3.21. The van der Waals surface area contributed by atoms with Crippen LogP contribution in [-0.2, 0) is 10.0 Å². The third-order valence-electron chi connectivity index (χ3n) is 3.78. The van der Waals surface area contributed by atoms with Crippen molar-refractivity contribution in [3.63, 3.8) is 0 Å². The van der Waals surface area contributed by atoms with Gasteiger partial charge in [0.1, 0.15) is 5.82 Å². The van der Waals surface area contributed by atoms with E-state index in [0.29, 0.717) is 18.2 Å². The Morgan fingerprint density at radius 2 is 2.10 bits per heavy atom. The summed E-state index contributed by atoms with van der Waals surface area (Å²) in [7, 11) is -3.21. The van der Waals surface area contributed by atoms with Gasteiger partial charge < -0.3 is 0 Å². The summed E-state index contributed by atoms with van der Waals surface area (Å²) in [6.45, 7) is 2.22. The first-order valence-corrected chi connectivity index (χ1v) is 8.70. The fourth-order valence-electron chi connectivity index (χ4n) is 2.65. The minimum Gasteiger partial charge on any atom is -0.261 e. The largest absolute Gasteiger partial charge is 0.261 e. The van der Waals surface area contributed by atoms with Crippen molar-refractivity contribution in [2.75, 3.05) is 12.3 Å². The highest BCUT2D eigenvalue weighted by atomic mass is 32.2. The Bertz CT molecular complexity index is 712. The first-order chi connectivity index (χ1) is 10.1. The van der Waals surface area contributed by atoms with E-state index in [1.807, 2.05) is 30.3 Å². The van der Waals surface area contributed by atoms with Crippen LogP contribution in [0.5, 0.6) is 0 Å². The Morgan fingerprint density at radius 3 is 2.81 bits per heavy atom. The van der Waals surface area contributed by atoms with Gasteiger partial charge in [0.25, 0.3) is 0 Å². The molecule has 6 nitrogen and oxygen atoms in total. The van der Waals surface area contributed by atoms with Crippen molar-refractivity contribution in [2.45, 2.75) is 25.8 Å². The third kappa shape index (κ3) is 2.71. The highest BCUT2D eigenvalue weighted by Gasteiger charge is 2.36. The lowest BCUT2D eigenvalue weighted by molar-refractivity contribution is 0.385. The normalized spacial score (nSPS) is 20.0. The van der Waals surface area contributed by atoms with Crippen LogP contribution in [0.4, 0.5) is 0 Å². The van der Waals surface area contributed by atoms with Crippen molar-refractivity contribution in [2.24, 2.45) is 0 Å². The molecule has 0 radical (unpaired) electrons. The van der Waals surface area contributed by atoms with Crippen LogP contribution in [0.25, 0.3) is 11.4 Å². The molecule has 0 amide bonds. The van der Waals surface area contributed by atoms with Gasteiger partial charge in [-0.1, -0.05) is 30.3 Å². The molecule has 0 unspecified atom stereocenters. The molecule has 2 aromatic rings. The predicted molar refractivity (Wildman–Crippen MR) is 80.0 cm³/mol. The molecule has 1 aliphatic heterocycles. The number of nitrogens with zero attached hydrogens (tertiary/aromatic N) is 3. The summed E-state index contributed by atoms with van der Waals surface area (Å²) < 4.78 is 25.8. The number of benzene rings is 1. The second kappa shape index (κ2) is 5.57. The Labute approximate surface area is 124 Å². The van der Waals surface area contributed by atoms with Crippen LogP contribution < -0.4 is 0 Å². The van der Waals surface area contributed by atoms with Gasteiger partial charge >= 0.3 is 0 Å². The zero-order chi connectivity index (χ0) is 14.9. The number of aromatic nitrogens is 3. The lowest BCUT2D eigenvalue weighted by atomic mass is 10.2. The minimum absolute atomic E-state index is 0.114. The van der Waals surface area contributed by atoms with Crippen molar-refractivity contribution >= 4 is 10.0 Å². The molecule has 1 atom stereocenters. The molecule has 1 fully saturated rings. The number of aromatic amines is 1. The number of hydrogen-bond acceptors (Lipinski definition) is 4. The molecule has 21 heavy (non-hydrogen) atoms. The topological polar surface area (TPSA) is 79.0 Å². The van der Waals surface area contributed by atoms with Gasteiger partial charge in [0, 0.05) is 12.1 Å². The van der Waals surface area contributed by atoms with Gasteiger partial charge in [-0.2, -0.15) is 9.40 Å². The number of sulfonamides is 1. The molecule has 0 saturated carbocycles. The van der Waals surface area contributed by atoms with E-state index >= 15 is 0 Å². The number of rotatable bonds is 4. The van der Waals surface area contributed by atoms with Crippen LogP contribution in [0.2, 0.25) is 0 Å². The Balaban J connectivity index is 1.90. The monoisotopic (exact) mass is 306 g/mol. The quantitative estimate of drug-likeness (QED) is 0.936. The van der Waals surface area contributed by atoms with Crippen molar-refractivity contribution in [1.29, 1.82) is 0 Å². The fourth-order valence-corrected chi connectivity index (χ4v) is 3.98. The first-order valence-electron chi connectivity index (χ1n) is 7.09. The second-order valence-electron chi connectivity index (χ2n) is 5.08. The van der Waals surface area contributed by atoms with E-state index in [-0.39, 0.29) is 11.8 Å². The maximum Gasteiger partial charge on any atom is 0.214 e. The molecular weight excluding hydrogens is 288 g/mol. The molecule has 1 aromatic carbocycles. The van der Waals surface area contributed by atoms with E-state index in [1.54, 1.807) is 11.2 Å². The van der Waals surface area contributed by atoms with E-state index in [4.69, 9.17) is 0 Å². The number of hydrogen-bond donors (Lipinski definition) is 1. The van der Waals surface area contributed by atoms with Crippen LogP contribution in [0, 0.1) is 0 Å². The molecule has 0 aliphatic carbocycles. The summed E-state index contributed by atoms with van der Waals surface area (Å²) >= 11 is 0. The smallest absolute Gasteiger partial charge is 0.214 e. The molecule has 1 aromatic heterocycles. The van der Waals surface area contributed by atoms with Gasteiger partial charge in [-0.25, -0.2) is 13.4 Å². The first kappa shape index (κ1) is 14.2. The molecule has 1 N–H and O–H groups in total. The van der Waals surface area contributed by atoms with Crippen molar-refractivity contribution in [3.05, 3.63) is 36.2 Å². The zero-order valence-corrected chi connectivity index (χ0v) is 12.7. The number of H-pyrrole nitrogens is 1. The highest BCUT2D eigenvalue weighted by Crippen LogP contribution is 2.33. The van der Waals surface area contributed by atoms with Gasteiger partial charge in [-0.05, 0) is 19.8 Å². The Kier molecular flexibility index (Phi) is 3.77. The molecule has 2 heterocycles.